The second kappa shape index (κ2) is 5.63. The fourth-order valence-corrected chi connectivity index (χ4v) is 4.15. The molecule has 0 aromatic heterocycles. The van der Waals surface area contributed by atoms with Crippen LogP contribution in [0.15, 0.2) is 17.0 Å². The summed E-state index contributed by atoms with van der Waals surface area (Å²) in [6.07, 6.45) is 0.370. The summed E-state index contributed by atoms with van der Waals surface area (Å²) in [5, 5.41) is 28.2. The summed E-state index contributed by atoms with van der Waals surface area (Å²) in [5.74, 6) is -1.87. The summed E-state index contributed by atoms with van der Waals surface area (Å²) in [4.78, 5) is 10.9. The first-order valence-electron chi connectivity index (χ1n) is 6.48. The fraction of sp³-hybridized carbons (Fsp3) is 0.462. The lowest BCUT2D eigenvalue weighted by Crippen LogP contribution is -2.42. The van der Waals surface area contributed by atoms with Crippen LogP contribution in [0.5, 0.6) is 5.75 Å². The van der Waals surface area contributed by atoms with E-state index in [1.54, 1.807) is 0 Å². The van der Waals surface area contributed by atoms with Crippen LogP contribution in [0.4, 0.5) is 0 Å². The molecule has 1 aromatic carbocycles. The minimum atomic E-state index is -3.90. The number of aliphatic hydroxyl groups excluding tert-OH is 1. The molecule has 8 heteroatoms. The second-order valence-corrected chi connectivity index (χ2v) is 7.01. The van der Waals surface area contributed by atoms with Crippen molar-refractivity contribution in [1.29, 1.82) is 0 Å². The summed E-state index contributed by atoms with van der Waals surface area (Å²) in [6.45, 7) is 1.76. The van der Waals surface area contributed by atoms with Gasteiger partial charge in [-0.15, -0.1) is 0 Å². The first kappa shape index (κ1) is 15.7. The molecule has 0 radical (unpaired) electrons. The number of aliphatic hydroxyl groups is 1. The van der Waals surface area contributed by atoms with Crippen molar-refractivity contribution in [3.8, 4) is 5.75 Å². The minimum Gasteiger partial charge on any atom is -0.507 e. The maximum Gasteiger partial charge on any atom is 0.339 e. The van der Waals surface area contributed by atoms with Crippen molar-refractivity contribution in [2.75, 3.05) is 13.1 Å². The van der Waals surface area contributed by atoms with E-state index in [-0.39, 0.29) is 23.5 Å². The summed E-state index contributed by atoms with van der Waals surface area (Å²) in [7, 11) is -3.90. The molecule has 1 fully saturated rings. The van der Waals surface area contributed by atoms with E-state index < -0.39 is 33.4 Å². The van der Waals surface area contributed by atoms with Gasteiger partial charge in [-0.2, -0.15) is 4.31 Å². The Hall–Kier alpha value is -1.64. The molecule has 0 spiro atoms. The highest BCUT2D eigenvalue weighted by molar-refractivity contribution is 7.89. The van der Waals surface area contributed by atoms with E-state index >= 15 is 0 Å². The zero-order valence-corrected chi connectivity index (χ0v) is 12.3. The first-order chi connectivity index (χ1) is 9.73. The number of sulfonamides is 1. The van der Waals surface area contributed by atoms with Crippen LogP contribution in [-0.4, -0.2) is 53.2 Å². The molecule has 1 saturated heterocycles. The van der Waals surface area contributed by atoms with Gasteiger partial charge >= 0.3 is 5.97 Å². The molecule has 0 amide bonds. The van der Waals surface area contributed by atoms with Crippen molar-refractivity contribution in [3.05, 3.63) is 23.3 Å². The number of piperidine rings is 1. The van der Waals surface area contributed by atoms with E-state index in [1.165, 1.54) is 6.92 Å². The molecule has 0 saturated carbocycles. The molecule has 1 aromatic rings. The van der Waals surface area contributed by atoms with Gasteiger partial charge in [-0.1, -0.05) is 0 Å². The number of carbonyl (C=O) groups is 1. The maximum absolute atomic E-state index is 12.6. The zero-order chi connectivity index (χ0) is 15.8. The van der Waals surface area contributed by atoms with Gasteiger partial charge in [0.1, 0.15) is 11.3 Å². The number of rotatable bonds is 3. The van der Waals surface area contributed by atoms with Gasteiger partial charge in [0.05, 0.1) is 11.0 Å². The number of aryl methyl sites for hydroxylation is 1. The van der Waals surface area contributed by atoms with E-state index in [4.69, 9.17) is 5.11 Å². The lowest BCUT2D eigenvalue weighted by molar-refractivity contribution is 0.0693. The normalized spacial score (nSPS) is 20.4. The number of carboxylic acids is 1. The van der Waals surface area contributed by atoms with Crippen LogP contribution < -0.4 is 0 Å². The average Bonchev–Trinajstić information content (AvgIpc) is 2.37. The largest absolute Gasteiger partial charge is 0.507 e. The van der Waals surface area contributed by atoms with E-state index in [0.717, 1.165) is 16.4 Å². The van der Waals surface area contributed by atoms with Gasteiger partial charge < -0.3 is 15.3 Å². The quantitative estimate of drug-likeness (QED) is 0.750. The van der Waals surface area contributed by atoms with Crippen LogP contribution in [0.2, 0.25) is 0 Å². The monoisotopic (exact) mass is 315 g/mol. The van der Waals surface area contributed by atoms with Crippen molar-refractivity contribution in [2.45, 2.75) is 30.8 Å². The summed E-state index contributed by atoms with van der Waals surface area (Å²) < 4.78 is 26.3. The van der Waals surface area contributed by atoms with Crippen LogP contribution in [0, 0.1) is 6.92 Å². The molecule has 2 rings (SSSR count). The van der Waals surface area contributed by atoms with Crippen LogP contribution >= 0.6 is 0 Å². The van der Waals surface area contributed by atoms with Crippen molar-refractivity contribution >= 4 is 16.0 Å². The molecule has 3 N–H and O–H groups in total. The summed E-state index contributed by atoms with van der Waals surface area (Å²) in [5.41, 5.74) is -0.200. The molecule has 116 valence electrons. The summed E-state index contributed by atoms with van der Waals surface area (Å²) >= 11 is 0. The Bertz CT molecular complexity index is 669. The number of aromatic hydroxyl groups is 1. The van der Waals surface area contributed by atoms with E-state index in [2.05, 4.69) is 0 Å². The Kier molecular flexibility index (Phi) is 4.22. The molecule has 1 heterocycles. The SMILES string of the molecule is Cc1cc(O)c(C(=O)O)cc1S(=O)(=O)N1CCCC(O)C1. The molecule has 1 aliphatic rings. The predicted octanol–water partition coefficient (Wildman–Crippen LogP) is 0.544. The Balaban J connectivity index is 2.49. The van der Waals surface area contributed by atoms with Gasteiger partial charge in [-0.3, -0.25) is 0 Å². The number of hydrogen-bond acceptors (Lipinski definition) is 5. The van der Waals surface area contributed by atoms with E-state index in [1.807, 2.05) is 0 Å². The minimum absolute atomic E-state index is 0.00887. The third-order valence-corrected chi connectivity index (χ3v) is 5.51. The highest BCUT2D eigenvalue weighted by atomic mass is 32.2. The molecule has 0 aliphatic carbocycles. The van der Waals surface area contributed by atoms with Crippen molar-refractivity contribution in [3.63, 3.8) is 0 Å². The molecule has 1 atom stereocenters. The molecule has 21 heavy (non-hydrogen) atoms. The van der Waals surface area contributed by atoms with Crippen molar-refractivity contribution in [2.24, 2.45) is 0 Å². The number of β-amino-alcohol motifs (C(OH)–C–C–N with tert-alkyl or cyclic N) is 1. The van der Waals surface area contributed by atoms with Crippen LogP contribution in [-0.2, 0) is 10.0 Å². The average molecular weight is 315 g/mol. The summed E-state index contributed by atoms with van der Waals surface area (Å²) in [6, 6.07) is 2.08. The third-order valence-electron chi connectivity index (χ3n) is 3.50. The van der Waals surface area contributed by atoms with Gasteiger partial charge in [0.25, 0.3) is 0 Å². The topological polar surface area (TPSA) is 115 Å². The molecule has 1 unspecified atom stereocenters. The van der Waals surface area contributed by atoms with Gasteiger partial charge in [-0.05, 0) is 37.5 Å². The fourth-order valence-electron chi connectivity index (χ4n) is 2.40. The molecule has 0 bridgehead atoms. The Morgan fingerprint density at radius 1 is 1.38 bits per heavy atom. The predicted molar refractivity (Wildman–Crippen MR) is 73.8 cm³/mol. The highest BCUT2D eigenvalue weighted by Crippen LogP contribution is 2.29. The maximum atomic E-state index is 12.6. The van der Waals surface area contributed by atoms with Gasteiger partial charge in [0.2, 0.25) is 10.0 Å². The molecule has 7 nitrogen and oxygen atoms in total. The van der Waals surface area contributed by atoms with Gasteiger partial charge in [-0.25, -0.2) is 13.2 Å². The molecular formula is C13H17NO6S. The number of hydrogen-bond donors (Lipinski definition) is 3. The van der Waals surface area contributed by atoms with Gasteiger partial charge in [0, 0.05) is 13.1 Å². The zero-order valence-electron chi connectivity index (χ0n) is 11.5. The van der Waals surface area contributed by atoms with Crippen LogP contribution in [0.1, 0.15) is 28.8 Å². The molecule has 1 aliphatic heterocycles. The van der Waals surface area contributed by atoms with Crippen LogP contribution in [0.25, 0.3) is 0 Å². The van der Waals surface area contributed by atoms with Crippen molar-refractivity contribution < 1.29 is 28.5 Å². The van der Waals surface area contributed by atoms with E-state index in [0.29, 0.717) is 12.8 Å². The standard InChI is InChI=1S/C13H17NO6S/c1-8-5-11(16)10(13(17)18)6-12(8)21(19,20)14-4-2-3-9(15)7-14/h5-6,9,15-16H,2-4,7H2,1H3,(H,17,18). The lowest BCUT2D eigenvalue weighted by atomic mass is 10.1. The number of benzene rings is 1. The van der Waals surface area contributed by atoms with Crippen LogP contribution in [0.3, 0.4) is 0 Å². The van der Waals surface area contributed by atoms with Crippen molar-refractivity contribution in [1.82, 2.24) is 4.31 Å². The Labute approximate surface area is 122 Å². The first-order valence-corrected chi connectivity index (χ1v) is 7.92. The second-order valence-electron chi connectivity index (χ2n) is 5.10. The lowest BCUT2D eigenvalue weighted by Gasteiger charge is -2.29. The number of aromatic carboxylic acids is 1. The van der Waals surface area contributed by atoms with Gasteiger partial charge in [0.15, 0.2) is 0 Å². The number of phenols is 1. The number of nitrogens with zero attached hydrogens (tertiary/aromatic N) is 1. The molecular weight excluding hydrogens is 298 g/mol. The van der Waals surface area contributed by atoms with E-state index in [9.17, 15) is 23.4 Å². The smallest absolute Gasteiger partial charge is 0.339 e. The Morgan fingerprint density at radius 3 is 2.62 bits per heavy atom. The highest BCUT2D eigenvalue weighted by Gasteiger charge is 2.31. The number of carboxylic acid groups (broad SMARTS) is 1. The third kappa shape index (κ3) is 3.02. The Morgan fingerprint density at radius 2 is 2.05 bits per heavy atom.